The lowest BCUT2D eigenvalue weighted by atomic mass is 9.95. The summed E-state index contributed by atoms with van der Waals surface area (Å²) in [5.74, 6) is 0. The largest absolute Gasteiger partial charge is 0.446 e. The van der Waals surface area contributed by atoms with E-state index in [9.17, 15) is 13.2 Å². The third kappa shape index (κ3) is 8.67. The normalized spacial score (nSPS) is 19.2. The van der Waals surface area contributed by atoms with Crippen molar-refractivity contribution >= 4 is 16.1 Å². The first-order valence-corrected chi connectivity index (χ1v) is 10.9. The van der Waals surface area contributed by atoms with Crippen LogP contribution < -0.4 is 4.72 Å². The summed E-state index contributed by atoms with van der Waals surface area (Å²) >= 11 is 0. The first-order valence-electron chi connectivity index (χ1n) is 9.00. The van der Waals surface area contributed by atoms with Gasteiger partial charge in [-0.3, -0.25) is 0 Å². The Morgan fingerprint density at radius 1 is 1.23 bits per heavy atom. The zero-order chi connectivity index (χ0) is 19.8. The summed E-state index contributed by atoms with van der Waals surface area (Å²) in [6, 6.07) is 12.2. The molecule has 1 aliphatic heterocycles. The average molecular weight is 385 g/mol. The predicted octanol–water partition coefficient (Wildman–Crippen LogP) is 3.40. The molecule has 2 rings (SSSR count). The Kier molecular flexibility index (Phi) is 8.56. The molecule has 2 atom stereocenters. The van der Waals surface area contributed by atoms with Crippen molar-refractivity contribution in [3.8, 4) is 0 Å². The van der Waals surface area contributed by atoms with Crippen LogP contribution in [0, 0.1) is 0 Å². The van der Waals surface area contributed by atoms with Gasteiger partial charge >= 0.3 is 6.09 Å². The van der Waals surface area contributed by atoms with Gasteiger partial charge in [-0.1, -0.05) is 43.3 Å². The molecule has 0 aliphatic carbocycles. The quantitative estimate of drug-likeness (QED) is 0.815. The van der Waals surface area contributed by atoms with Gasteiger partial charge in [0, 0.05) is 31.0 Å². The maximum absolute atomic E-state index is 11.9. The zero-order valence-corrected chi connectivity index (χ0v) is 17.3. The first-order chi connectivity index (χ1) is 12.0. The molecule has 148 valence electrons. The molecule has 0 radical (unpaired) electrons. The summed E-state index contributed by atoms with van der Waals surface area (Å²) in [6.45, 7) is 8.28. The number of hydrogen-bond donors (Lipinski definition) is 1. The standard InChI is InChI=1S/C13H26N2O4S.C6H6/c1-6-10(2)15-8-7-11(19-12(15)16)9-13(3,4)14-20(5,17)18;1-2-4-6-5-3-1/h10-11,14H,6-9H2,1-5H3;1-6H. The molecule has 1 amide bonds. The third-order valence-corrected chi connectivity index (χ3v) is 5.11. The lowest BCUT2D eigenvalue weighted by molar-refractivity contribution is 0.00225. The number of benzene rings is 1. The molecule has 1 saturated heterocycles. The topological polar surface area (TPSA) is 75.7 Å². The van der Waals surface area contributed by atoms with E-state index < -0.39 is 15.6 Å². The van der Waals surface area contributed by atoms with Crippen LogP contribution >= 0.6 is 0 Å². The van der Waals surface area contributed by atoms with E-state index in [1.54, 1.807) is 18.7 Å². The van der Waals surface area contributed by atoms with E-state index >= 15 is 0 Å². The molecular weight excluding hydrogens is 352 g/mol. The second-order valence-corrected chi connectivity index (χ2v) is 9.11. The van der Waals surface area contributed by atoms with E-state index in [0.29, 0.717) is 13.0 Å². The summed E-state index contributed by atoms with van der Waals surface area (Å²) in [5, 5.41) is 0. The number of rotatable bonds is 6. The molecule has 26 heavy (non-hydrogen) atoms. The molecule has 0 saturated carbocycles. The molecule has 1 aromatic carbocycles. The van der Waals surface area contributed by atoms with Crippen molar-refractivity contribution in [2.24, 2.45) is 0 Å². The molecule has 2 unspecified atom stereocenters. The van der Waals surface area contributed by atoms with Gasteiger partial charge in [-0.25, -0.2) is 17.9 Å². The zero-order valence-electron chi connectivity index (χ0n) is 16.4. The summed E-state index contributed by atoms with van der Waals surface area (Å²) in [6.07, 6.45) is 2.68. The van der Waals surface area contributed by atoms with Crippen LogP contribution in [0.1, 0.15) is 47.0 Å². The van der Waals surface area contributed by atoms with Crippen molar-refractivity contribution in [2.75, 3.05) is 12.8 Å². The smallest absolute Gasteiger partial charge is 0.410 e. The van der Waals surface area contributed by atoms with E-state index in [-0.39, 0.29) is 18.2 Å². The minimum absolute atomic E-state index is 0.172. The third-order valence-electron chi connectivity index (χ3n) is 4.18. The Balaban J connectivity index is 0.000000472. The minimum atomic E-state index is -3.28. The highest BCUT2D eigenvalue weighted by molar-refractivity contribution is 7.88. The molecule has 6 nitrogen and oxygen atoms in total. The number of cyclic esters (lactones) is 1. The van der Waals surface area contributed by atoms with Gasteiger partial charge < -0.3 is 9.64 Å². The van der Waals surface area contributed by atoms with E-state index in [4.69, 9.17) is 4.74 Å². The number of hydrogen-bond acceptors (Lipinski definition) is 4. The van der Waals surface area contributed by atoms with Crippen LogP contribution in [0.15, 0.2) is 36.4 Å². The van der Waals surface area contributed by atoms with Crippen molar-refractivity contribution in [1.29, 1.82) is 0 Å². The maximum atomic E-state index is 11.9. The summed E-state index contributed by atoms with van der Waals surface area (Å²) < 4.78 is 30.6. The number of carbonyl (C=O) groups excluding carboxylic acids is 1. The Morgan fingerprint density at radius 3 is 2.12 bits per heavy atom. The van der Waals surface area contributed by atoms with E-state index in [2.05, 4.69) is 4.72 Å². The molecule has 1 fully saturated rings. The van der Waals surface area contributed by atoms with Gasteiger partial charge in [0.15, 0.2) is 0 Å². The van der Waals surface area contributed by atoms with Crippen LogP contribution in [0.5, 0.6) is 0 Å². The summed E-state index contributed by atoms with van der Waals surface area (Å²) in [7, 11) is -3.28. The minimum Gasteiger partial charge on any atom is -0.446 e. The van der Waals surface area contributed by atoms with Crippen molar-refractivity contribution in [1.82, 2.24) is 9.62 Å². The second-order valence-electron chi connectivity index (χ2n) is 7.36. The van der Waals surface area contributed by atoms with Gasteiger partial charge in [-0.2, -0.15) is 0 Å². The molecule has 1 N–H and O–H groups in total. The highest BCUT2D eigenvalue weighted by Crippen LogP contribution is 2.23. The summed E-state index contributed by atoms with van der Waals surface area (Å²) in [4.78, 5) is 13.7. The van der Waals surface area contributed by atoms with E-state index in [0.717, 1.165) is 19.1 Å². The molecule has 0 aromatic heterocycles. The molecule has 0 spiro atoms. The molecule has 1 aromatic rings. The highest BCUT2D eigenvalue weighted by Gasteiger charge is 2.34. The van der Waals surface area contributed by atoms with Crippen LogP contribution in [0.2, 0.25) is 0 Å². The average Bonchev–Trinajstić information content (AvgIpc) is 2.54. The van der Waals surface area contributed by atoms with Crippen LogP contribution in [-0.4, -0.2) is 49.9 Å². The Bertz CT molecular complexity index is 620. The van der Waals surface area contributed by atoms with E-state index in [1.807, 2.05) is 50.2 Å². The van der Waals surface area contributed by atoms with Crippen LogP contribution in [-0.2, 0) is 14.8 Å². The predicted molar refractivity (Wildman–Crippen MR) is 104 cm³/mol. The van der Waals surface area contributed by atoms with Gasteiger partial charge in [-0.15, -0.1) is 0 Å². The highest BCUT2D eigenvalue weighted by atomic mass is 32.2. The van der Waals surface area contributed by atoms with Crippen molar-refractivity contribution in [2.45, 2.75) is 64.6 Å². The van der Waals surface area contributed by atoms with Crippen LogP contribution in [0.3, 0.4) is 0 Å². The fourth-order valence-corrected chi connectivity index (χ4v) is 3.99. The number of nitrogens with zero attached hydrogens (tertiary/aromatic N) is 1. The van der Waals surface area contributed by atoms with Crippen LogP contribution in [0.4, 0.5) is 4.79 Å². The van der Waals surface area contributed by atoms with Gasteiger partial charge in [-0.05, 0) is 27.2 Å². The number of carbonyl (C=O) groups is 1. The molecule has 1 aliphatic rings. The van der Waals surface area contributed by atoms with E-state index in [1.165, 1.54) is 0 Å². The van der Waals surface area contributed by atoms with Gasteiger partial charge in [0.2, 0.25) is 10.0 Å². The Labute approximate surface area is 158 Å². The second kappa shape index (κ2) is 9.92. The number of sulfonamides is 1. The fraction of sp³-hybridized carbons (Fsp3) is 0.632. The first kappa shape index (κ1) is 22.4. The van der Waals surface area contributed by atoms with Gasteiger partial charge in [0.1, 0.15) is 6.10 Å². The molecule has 1 heterocycles. The lowest BCUT2D eigenvalue weighted by Gasteiger charge is -2.38. The lowest BCUT2D eigenvalue weighted by Crippen LogP contribution is -2.50. The van der Waals surface area contributed by atoms with Gasteiger partial charge in [0.05, 0.1) is 6.26 Å². The van der Waals surface area contributed by atoms with Crippen molar-refractivity contribution in [3.05, 3.63) is 36.4 Å². The maximum Gasteiger partial charge on any atom is 0.410 e. The van der Waals surface area contributed by atoms with Crippen molar-refractivity contribution in [3.63, 3.8) is 0 Å². The molecule has 0 bridgehead atoms. The Morgan fingerprint density at radius 2 is 1.73 bits per heavy atom. The van der Waals surface area contributed by atoms with Gasteiger partial charge in [0.25, 0.3) is 0 Å². The summed E-state index contributed by atoms with van der Waals surface area (Å²) in [5.41, 5.74) is -0.628. The number of amides is 1. The Hall–Kier alpha value is -1.60. The monoisotopic (exact) mass is 384 g/mol. The SMILES string of the molecule is CCC(C)N1CCC(CC(C)(C)NS(C)(=O)=O)OC1=O.c1ccccc1. The molecular formula is C19H32N2O4S. The fourth-order valence-electron chi connectivity index (χ4n) is 2.91. The molecule has 7 heteroatoms. The number of nitrogens with one attached hydrogen (secondary N) is 1. The number of ether oxygens (including phenoxy) is 1. The van der Waals surface area contributed by atoms with Crippen LogP contribution in [0.25, 0.3) is 0 Å². The van der Waals surface area contributed by atoms with Crippen molar-refractivity contribution < 1.29 is 17.9 Å².